The first-order chi connectivity index (χ1) is 19.6. The van der Waals surface area contributed by atoms with Gasteiger partial charge in [0.05, 0.1) is 0 Å². The second-order valence-electron chi connectivity index (χ2n) is 12.4. The Kier molecular flexibility index (Phi) is 10.3. The summed E-state index contributed by atoms with van der Waals surface area (Å²) < 4.78 is 0. The molecule has 1 aromatic heterocycles. The van der Waals surface area contributed by atoms with Gasteiger partial charge in [0.25, 0.3) is 11.5 Å². The molecule has 0 bridgehead atoms. The molecule has 2 N–H and O–H groups in total. The molecule has 4 rings (SSSR count). The van der Waals surface area contributed by atoms with Crippen LogP contribution in [-0.4, -0.2) is 73.6 Å². The Bertz CT molecular complexity index is 1340. The van der Waals surface area contributed by atoms with Gasteiger partial charge in [-0.05, 0) is 130 Å². The molecule has 1 amide bonds. The van der Waals surface area contributed by atoms with Crippen LogP contribution in [0.4, 0.5) is 5.69 Å². The van der Waals surface area contributed by atoms with E-state index >= 15 is 0 Å². The molecule has 0 radical (unpaired) electrons. The maximum absolute atomic E-state index is 13.7. The van der Waals surface area contributed by atoms with Gasteiger partial charge >= 0.3 is 0 Å². The van der Waals surface area contributed by atoms with Gasteiger partial charge < -0.3 is 25.0 Å². The molecule has 41 heavy (non-hydrogen) atoms. The van der Waals surface area contributed by atoms with Crippen molar-refractivity contribution >= 4 is 11.6 Å². The third-order valence-electron chi connectivity index (χ3n) is 9.17. The predicted molar refractivity (Wildman–Crippen MR) is 169 cm³/mol. The highest BCUT2D eigenvalue weighted by atomic mass is 16.1. The Hall–Kier alpha value is -3.08. The number of anilines is 1. The third kappa shape index (κ3) is 7.61. The van der Waals surface area contributed by atoms with Gasteiger partial charge in [-0.25, -0.2) is 0 Å². The Balaban J connectivity index is 1.65. The zero-order chi connectivity index (χ0) is 29.7. The molecule has 0 atom stereocenters. The van der Waals surface area contributed by atoms with Crippen LogP contribution in [0.2, 0.25) is 0 Å². The minimum Gasteiger partial charge on any atom is -0.369 e. The van der Waals surface area contributed by atoms with Crippen LogP contribution in [0.25, 0.3) is 0 Å². The Morgan fingerprint density at radius 1 is 1.02 bits per heavy atom. The number of amides is 1. The van der Waals surface area contributed by atoms with E-state index in [9.17, 15) is 9.59 Å². The van der Waals surface area contributed by atoms with Gasteiger partial charge in [0.15, 0.2) is 0 Å². The highest BCUT2D eigenvalue weighted by molar-refractivity contribution is 5.97. The average Bonchev–Trinajstić information content (AvgIpc) is 2.94. The van der Waals surface area contributed by atoms with Crippen molar-refractivity contribution in [3.05, 3.63) is 62.1 Å². The van der Waals surface area contributed by atoms with Crippen molar-refractivity contribution in [2.45, 2.75) is 84.8 Å². The molecule has 222 valence electrons. The summed E-state index contributed by atoms with van der Waals surface area (Å²) in [7, 11) is 6.52. The lowest BCUT2D eigenvalue weighted by atomic mass is 9.88. The van der Waals surface area contributed by atoms with Gasteiger partial charge in [-0.2, -0.15) is 0 Å². The summed E-state index contributed by atoms with van der Waals surface area (Å²) in [4.78, 5) is 36.3. The summed E-state index contributed by atoms with van der Waals surface area (Å²) in [5.74, 6) is 7.20. The number of carbonyl (C=O) groups excluding carboxylic acids is 1. The number of carbonyl (C=O) groups is 1. The molecule has 0 unspecified atom stereocenters. The molecule has 1 aromatic carbocycles. The van der Waals surface area contributed by atoms with Gasteiger partial charge in [-0.3, -0.25) is 9.59 Å². The van der Waals surface area contributed by atoms with Crippen LogP contribution < -0.4 is 15.8 Å². The fourth-order valence-corrected chi connectivity index (χ4v) is 6.52. The van der Waals surface area contributed by atoms with E-state index in [4.69, 9.17) is 0 Å². The summed E-state index contributed by atoms with van der Waals surface area (Å²) >= 11 is 0. The third-order valence-corrected chi connectivity index (χ3v) is 9.17. The number of nitrogens with one attached hydrogen (secondary N) is 2. The van der Waals surface area contributed by atoms with Crippen LogP contribution in [-0.2, 0) is 6.54 Å². The number of nitrogens with zero attached hydrogens (tertiary/aromatic N) is 3. The number of H-pyrrole nitrogens is 1. The molecule has 1 aliphatic carbocycles. The lowest BCUT2D eigenvalue weighted by molar-refractivity contribution is 0.0950. The second-order valence-corrected chi connectivity index (χ2v) is 12.4. The fourth-order valence-electron chi connectivity index (χ4n) is 6.52. The SMILES string of the molecule is CCN(c1cc(C#CC2CCN(C)CC2)cc(C(=O)NCc2c(C)cc(C)[nH]c2=O)c1C)C1CCC(N(C)C)CC1. The number of pyridine rings is 1. The van der Waals surface area contributed by atoms with Crippen molar-refractivity contribution in [3.63, 3.8) is 0 Å². The van der Waals surface area contributed by atoms with Crippen LogP contribution in [0, 0.1) is 38.5 Å². The minimum atomic E-state index is -0.168. The van der Waals surface area contributed by atoms with E-state index in [1.165, 1.54) is 12.8 Å². The van der Waals surface area contributed by atoms with E-state index in [0.717, 1.165) is 73.4 Å². The molecular weight excluding hydrogens is 510 g/mol. The van der Waals surface area contributed by atoms with Gasteiger partial charge in [-0.15, -0.1) is 0 Å². The van der Waals surface area contributed by atoms with E-state index in [0.29, 0.717) is 29.1 Å². The molecule has 1 saturated carbocycles. The van der Waals surface area contributed by atoms with Crippen molar-refractivity contribution in [2.75, 3.05) is 45.7 Å². The first kappa shape index (κ1) is 30.9. The quantitative estimate of drug-likeness (QED) is 0.485. The smallest absolute Gasteiger partial charge is 0.253 e. The van der Waals surface area contributed by atoms with Gasteiger partial charge in [0, 0.05) is 59.2 Å². The second kappa shape index (κ2) is 13.7. The molecule has 1 saturated heterocycles. The van der Waals surface area contributed by atoms with Crippen molar-refractivity contribution < 1.29 is 4.79 Å². The van der Waals surface area contributed by atoms with Crippen LogP contribution >= 0.6 is 0 Å². The number of hydrogen-bond donors (Lipinski definition) is 2. The molecule has 0 spiro atoms. The summed E-state index contributed by atoms with van der Waals surface area (Å²) in [6.45, 7) is 11.3. The maximum atomic E-state index is 13.7. The van der Waals surface area contributed by atoms with Crippen molar-refractivity contribution in [3.8, 4) is 11.8 Å². The number of hydrogen-bond acceptors (Lipinski definition) is 5. The zero-order valence-electron chi connectivity index (χ0n) is 26.2. The molecule has 7 nitrogen and oxygen atoms in total. The van der Waals surface area contributed by atoms with Crippen molar-refractivity contribution in [1.29, 1.82) is 0 Å². The topological polar surface area (TPSA) is 71.7 Å². The molecule has 2 aromatic rings. The predicted octanol–water partition coefficient (Wildman–Crippen LogP) is 4.62. The van der Waals surface area contributed by atoms with Gasteiger partial charge in [0.1, 0.15) is 0 Å². The van der Waals surface area contributed by atoms with Crippen molar-refractivity contribution in [1.82, 2.24) is 20.1 Å². The van der Waals surface area contributed by atoms with Crippen LogP contribution in [0.1, 0.15) is 83.8 Å². The van der Waals surface area contributed by atoms with Crippen molar-refractivity contribution in [2.24, 2.45) is 5.92 Å². The number of aromatic amines is 1. The van der Waals surface area contributed by atoms with E-state index in [-0.39, 0.29) is 18.0 Å². The number of benzene rings is 1. The Labute approximate surface area is 246 Å². The average molecular weight is 560 g/mol. The summed E-state index contributed by atoms with van der Waals surface area (Å²) in [5.41, 5.74) is 5.74. The summed E-state index contributed by atoms with van der Waals surface area (Å²) in [6.07, 6.45) is 6.80. The highest BCUT2D eigenvalue weighted by Gasteiger charge is 2.28. The number of likely N-dealkylation sites (tertiary alicyclic amines) is 1. The highest BCUT2D eigenvalue weighted by Crippen LogP contribution is 2.33. The maximum Gasteiger partial charge on any atom is 0.253 e. The van der Waals surface area contributed by atoms with Crippen LogP contribution in [0.3, 0.4) is 0 Å². The first-order valence-corrected chi connectivity index (χ1v) is 15.3. The normalized spacial score (nSPS) is 20.0. The van der Waals surface area contributed by atoms with E-state index in [1.807, 2.05) is 26.0 Å². The Morgan fingerprint density at radius 2 is 1.68 bits per heavy atom. The molecule has 2 fully saturated rings. The van der Waals surface area contributed by atoms with E-state index in [2.05, 4.69) is 77.9 Å². The number of aromatic nitrogens is 1. The van der Waals surface area contributed by atoms with Gasteiger partial charge in [0.2, 0.25) is 0 Å². The largest absolute Gasteiger partial charge is 0.369 e. The molecular formula is C34H49N5O2. The summed E-state index contributed by atoms with van der Waals surface area (Å²) in [5, 5.41) is 3.04. The number of piperidine rings is 1. The molecule has 7 heteroatoms. The van der Waals surface area contributed by atoms with E-state index in [1.54, 1.807) is 0 Å². The molecule has 1 aliphatic heterocycles. The van der Waals surface area contributed by atoms with E-state index < -0.39 is 0 Å². The lowest BCUT2D eigenvalue weighted by Gasteiger charge is -2.40. The Morgan fingerprint density at radius 3 is 2.29 bits per heavy atom. The lowest BCUT2D eigenvalue weighted by Crippen LogP contribution is -2.42. The molecule has 2 heterocycles. The minimum absolute atomic E-state index is 0.150. The number of rotatable bonds is 7. The standard InChI is InChI=1S/C34H49N5O2/c1-8-39(29-13-11-28(12-14-29)37(5)6)32-21-27(10-9-26-15-17-38(7)18-16-26)20-30(25(32)4)33(40)35-22-31-23(2)19-24(3)36-34(31)41/h19-21,26,28-29H,8,11-18,22H2,1-7H3,(H,35,40)(H,36,41). The van der Waals surface area contributed by atoms with Crippen LogP contribution in [0.15, 0.2) is 23.0 Å². The van der Waals surface area contributed by atoms with Gasteiger partial charge in [-0.1, -0.05) is 11.8 Å². The first-order valence-electron chi connectivity index (χ1n) is 15.3. The number of aryl methyl sites for hydroxylation is 2. The zero-order valence-corrected chi connectivity index (χ0v) is 26.2. The van der Waals surface area contributed by atoms with Crippen LogP contribution in [0.5, 0.6) is 0 Å². The fraction of sp³-hybridized carbons (Fsp3) is 0.588. The summed E-state index contributed by atoms with van der Waals surface area (Å²) in [6, 6.07) is 7.16. The molecule has 2 aliphatic rings. The monoisotopic (exact) mass is 559 g/mol.